The largest absolute Gasteiger partial charge is 0.448 e. The molecule has 3 aliphatic rings. The lowest BCUT2D eigenvalue weighted by molar-refractivity contribution is -0.178. The highest BCUT2D eigenvalue weighted by atomic mass is 16.7. The van der Waals surface area contributed by atoms with Crippen LogP contribution in [0.2, 0.25) is 0 Å². The van der Waals surface area contributed by atoms with E-state index in [9.17, 15) is 9.59 Å². The fourth-order valence-electron chi connectivity index (χ4n) is 4.97. The molecule has 1 saturated carbocycles. The van der Waals surface area contributed by atoms with E-state index in [1.807, 2.05) is 20.8 Å². The number of aromatic nitrogens is 4. The SMILES string of the molecule is CC12CCC(C(=O)N3CCOC(COn4nnc5cccnc54)C3)(OC1=O)C2(C)C. The maximum absolute atomic E-state index is 13.6. The summed E-state index contributed by atoms with van der Waals surface area (Å²) in [5, 5.41) is 7.95. The van der Waals surface area contributed by atoms with Crippen molar-refractivity contribution < 1.29 is 23.9 Å². The Morgan fingerprint density at radius 3 is 2.90 bits per heavy atom. The normalized spacial score (nSPS) is 32.4. The second-order valence-corrected chi connectivity index (χ2v) is 9.02. The number of esters is 1. The number of carbonyl (C=O) groups is 2. The smallest absolute Gasteiger partial charge is 0.313 e. The number of amides is 1. The summed E-state index contributed by atoms with van der Waals surface area (Å²) in [6.07, 6.45) is 2.52. The summed E-state index contributed by atoms with van der Waals surface area (Å²) < 4.78 is 11.5. The molecule has 10 heteroatoms. The van der Waals surface area contributed by atoms with Gasteiger partial charge in [-0.15, -0.1) is 5.10 Å². The van der Waals surface area contributed by atoms with Gasteiger partial charge in [-0.05, 0) is 37.1 Å². The Kier molecular flexibility index (Phi) is 4.08. The monoisotopic (exact) mass is 415 g/mol. The van der Waals surface area contributed by atoms with Gasteiger partial charge in [0.25, 0.3) is 5.91 Å². The van der Waals surface area contributed by atoms with Crippen molar-refractivity contribution in [3.8, 4) is 0 Å². The molecular formula is C20H25N5O5. The highest BCUT2D eigenvalue weighted by Crippen LogP contribution is 2.66. The first-order chi connectivity index (χ1) is 14.3. The molecule has 10 nitrogen and oxygen atoms in total. The van der Waals surface area contributed by atoms with Gasteiger partial charge < -0.3 is 19.2 Å². The zero-order chi connectivity index (χ0) is 21.1. The summed E-state index contributed by atoms with van der Waals surface area (Å²) in [6, 6.07) is 3.58. The predicted molar refractivity (Wildman–Crippen MR) is 103 cm³/mol. The fourth-order valence-corrected chi connectivity index (χ4v) is 4.97. The molecule has 2 aromatic rings. The van der Waals surface area contributed by atoms with Crippen LogP contribution in [0.25, 0.3) is 11.2 Å². The molecule has 1 amide bonds. The Bertz CT molecular complexity index is 1020. The lowest BCUT2D eigenvalue weighted by Crippen LogP contribution is -2.59. The van der Waals surface area contributed by atoms with Gasteiger partial charge in [-0.2, -0.15) is 0 Å². The number of nitrogens with zero attached hydrogens (tertiary/aromatic N) is 5. The maximum atomic E-state index is 13.6. The molecule has 2 aromatic heterocycles. The van der Waals surface area contributed by atoms with Gasteiger partial charge in [-0.1, -0.05) is 18.7 Å². The maximum Gasteiger partial charge on any atom is 0.313 e. The highest BCUT2D eigenvalue weighted by Gasteiger charge is 2.76. The number of pyridine rings is 1. The van der Waals surface area contributed by atoms with Gasteiger partial charge in [0.2, 0.25) is 5.65 Å². The van der Waals surface area contributed by atoms with E-state index in [0.717, 1.165) is 0 Å². The average Bonchev–Trinajstić information content (AvgIpc) is 3.29. The average molecular weight is 415 g/mol. The fraction of sp³-hybridized carbons (Fsp3) is 0.650. The third-order valence-corrected chi connectivity index (χ3v) is 7.42. The van der Waals surface area contributed by atoms with Crippen LogP contribution in [-0.2, 0) is 19.1 Å². The lowest BCUT2D eigenvalue weighted by atomic mass is 9.66. The number of hydrogen-bond acceptors (Lipinski definition) is 8. The molecule has 0 N–H and O–H groups in total. The van der Waals surface area contributed by atoms with Gasteiger partial charge in [-0.25, -0.2) is 4.98 Å². The molecule has 3 unspecified atom stereocenters. The summed E-state index contributed by atoms with van der Waals surface area (Å²) in [5.74, 6) is -0.408. The Labute approximate surface area is 173 Å². The number of carbonyl (C=O) groups excluding carboxylic acids is 2. The summed E-state index contributed by atoms with van der Waals surface area (Å²) in [5.41, 5.74) is -1.15. The molecular weight excluding hydrogens is 390 g/mol. The topological polar surface area (TPSA) is 109 Å². The molecule has 0 aromatic carbocycles. The molecule has 160 valence electrons. The standard InChI is InChI=1S/C20H25N5O5/c1-18(2)19(3)6-7-20(18,30-17(19)27)16(26)24-9-10-28-13(11-24)12-29-25-15-14(22-23-25)5-4-8-21-15/h4-5,8,13H,6-7,9-12H2,1-3H3. The number of fused-ring (bicyclic) bond motifs is 3. The highest BCUT2D eigenvalue weighted by molar-refractivity contribution is 5.96. The van der Waals surface area contributed by atoms with Crippen molar-refractivity contribution >= 4 is 23.0 Å². The van der Waals surface area contributed by atoms with Crippen molar-refractivity contribution in [3.05, 3.63) is 18.3 Å². The van der Waals surface area contributed by atoms with Crippen molar-refractivity contribution in [1.29, 1.82) is 0 Å². The van der Waals surface area contributed by atoms with Crippen LogP contribution in [0.1, 0.15) is 33.6 Å². The van der Waals surface area contributed by atoms with Gasteiger partial charge in [0.1, 0.15) is 18.2 Å². The van der Waals surface area contributed by atoms with Crippen molar-refractivity contribution in [2.75, 3.05) is 26.3 Å². The van der Waals surface area contributed by atoms with Crippen molar-refractivity contribution in [2.24, 2.45) is 10.8 Å². The summed E-state index contributed by atoms with van der Waals surface area (Å²) in [6.45, 7) is 7.22. The molecule has 0 radical (unpaired) electrons. The minimum atomic E-state index is -1.10. The second-order valence-electron chi connectivity index (χ2n) is 9.02. The number of morpholine rings is 1. The van der Waals surface area contributed by atoms with Gasteiger partial charge in [-0.3, -0.25) is 9.59 Å². The van der Waals surface area contributed by atoms with Crippen LogP contribution in [0.15, 0.2) is 18.3 Å². The van der Waals surface area contributed by atoms with E-state index < -0.39 is 16.4 Å². The van der Waals surface area contributed by atoms with Crippen LogP contribution in [0, 0.1) is 10.8 Å². The molecule has 3 fully saturated rings. The van der Waals surface area contributed by atoms with Gasteiger partial charge in [0, 0.05) is 18.2 Å². The van der Waals surface area contributed by atoms with Crippen LogP contribution < -0.4 is 4.84 Å². The zero-order valence-electron chi connectivity index (χ0n) is 17.3. The molecule has 0 spiro atoms. The third-order valence-electron chi connectivity index (χ3n) is 7.42. The van der Waals surface area contributed by atoms with E-state index in [0.29, 0.717) is 43.7 Å². The van der Waals surface area contributed by atoms with Crippen molar-refractivity contribution in [3.63, 3.8) is 0 Å². The van der Waals surface area contributed by atoms with Crippen molar-refractivity contribution in [1.82, 2.24) is 25.0 Å². The Hall–Kier alpha value is -2.75. The predicted octanol–water partition coefficient (Wildman–Crippen LogP) is 0.604. The Morgan fingerprint density at radius 2 is 2.17 bits per heavy atom. The van der Waals surface area contributed by atoms with Crippen LogP contribution in [0.5, 0.6) is 0 Å². The first-order valence-corrected chi connectivity index (χ1v) is 10.2. The molecule has 5 rings (SSSR count). The van der Waals surface area contributed by atoms with Gasteiger partial charge >= 0.3 is 5.97 Å². The molecule has 3 atom stereocenters. The van der Waals surface area contributed by atoms with E-state index in [1.165, 1.54) is 4.85 Å². The van der Waals surface area contributed by atoms with Crippen molar-refractivity contribution in [2.45, 2.75) is 45.3 Å². The first kappa shape index (κ1) is 19.2. The molecule has 1 aliphatic carbocycles. The molecule has 2 bridgehead atoms. The van der Waals surface area contributed by atoms with E-state index in [2.05, 4.69) is 15.3 Å². The summed E-state index contributed by atoms with van der Waals surface area (Å²) in [7, 11) is 0. The minimum Gasteiger partial charge on any atom is -0.448 e. The Balaban J connectivity index is 1.29. The van der Waals surface area contributed by atoms with Gasteiger partial charge in [0.15, 0.2) is 5.60 Å². The van der Waals surface area contributed by atoms with E-state index in [-0.39, 0.29) is 24.6 Å². The van der Waals surface area contributed by atoms with Crippen LogP contribution in [0.4, 0.5) is 0 Å². The molecule has 4 heterocycles. The number of rotatable bonds is 4. The minimum absolute atomic E-state index is 0.136. The first-order valence-electron chi connectivity index (χ1n) is 10.2. The van der Waals surface area contributed by atoms with Crippen LogP contribution in [0.3, 0.4) is 0 Å². The summed E-state index contributed by atoms with van der Waals surface area (Å²) >= 11 is 0. The molecule has 2 aliphatic heterocycles. The van der Waals surface area contributed by atoms with E-state index in [1.54, 1.807) is 23.2 Å². The van der Waals surface area contributed by atoms with E-state index in [4.69, 9.17) is 14.3 Å². The number of hydrogen-bond donors (Lipinski definition) is 0. The van der Waals surface area contributed by atoms with Crippen LogP contribution in [-0.4, -0.2) is 74.9 Å². The number of ether oxygens (including phenoxy) is 2. The Morgan fingerprint density at radius 1 is 1.33 bits per heavy atom. The third kappa shape index (κ3) is 2.43. The second kappa shape index (κ2) is 6.37. The van der Waals surface area contributed by atoms with Crippen LogP contribution >= 0.6 is 0 Å². The zero-order valence-corrected chi connectivity index (χ0v) is 17.3. The quantitative estimate of drug-likeness (QED) is 0.668. The lowest BCUT2D eigenvalue weighted by Gasteiger charge is -2.41. The molecule has 2 saturated heterocycles. The molecule has 30 heavy (non-hydrogen) atoms. The van der Waals surface area contributed by atoms with Gasteiger partial charge in [0.05, 0.1) is 18.6 Å². The summed E-state index contributed by atoms with van der Waals surface area (Å²) in [4.78, 5) is 39.0. The van der Waals surface area contributed by atoms with E-state index >= 15 is 0 Å².